The van der Waals surface area contributed by atoms with Gasteiger partial charge >= 0.3 is 10.2 Å². The summed E-state index contributed by atoms with van der Waals surface area (Å²) in [6.07, 6.45) is 2.74. The van der Waals surface area contributed by atoms with E-state index in [9.17, 15) is 17.4 Å². The molecule has 0 saturated carbocycles. The van der Waals surface area contributed by atoms with Crippen molar-refractivity contribution in [1.82, 2.24) is 4.31 Å². The van der Waals surface area contributed by atoms with Gasteiger partial charge in [0, 0.05) is 47.1 Å². The molecule has 0 aromatic heterocycles. The highest BCUT2D eigenvalue weighted by Crippen LogP contribution is 2.13. The van der Waals surface area contributed by atoms with E-state index in [2.05, 4.69) is 9.08 Å². The van der Waals surface area contributed by atoms with Gasteiger partial charge in [0.1, 0.15) is 0 Å². The average Bonchev–Trinajstić information content (AvgIpc) is 2.36. The molecule has 1 aromatic rings. The van der Waals surface area contributed by atoms with Gasteiger partial charge in [0.2, 0.25) is 0 Å². The van der Waals surface area contributed by atoms with Gasteiger partial charge in [0.05, 0.1) is 0 Å². The molecule has 0 radical (unpaired) electrons. The summed E-state index contributed by atoms with van der Waals surface area (Å²) in [5.74, 6) is -0.593. The van der Waals surface area contributed by atoms with E-state index < -0.39 is 25.8 Å². The Balaban J connectivity index is 2.95. The van der Waals surface area contributed by atoms with Crippen LogP contribution in [0.25, 0.3) is 0 Å². The van der Waals surface area contributed by atoms with Crippen molar-refractivity contribution in [3.8, 4) is 0 Å². The first-order chi connectivity index (χ1) is 9.55. The number of carbonyl (C=O) groups excluding carboxylic acids is 1. The van der Waals surface area contributed by atoms with E-state index in [1.54, 1.807) is 6.92 Å². The summed E-state index contributed by atoms with van der Waals surface area (Å²) in [4.78, 5) is 11.7. The number of benzene rings is 1. The van der Waals surface area contributed by atoms with Gasteiger partial charge in [-0.25, -0.2) is 4.21 Å². The maximum atomic E-state index is 11.8. The predicted octanol–water partition coefficient (Wildman–Crippen LogP) is 1.16. The second-order valence-electron chi connectivity index (χ2n) is 4.68. The quantitative estimate of drug-likeness (QED) is 0.874. The molecule has 0 aliphatic heterocycles. The maximum Gasteiger partial charge on any atom is 0.301 e. The van der Waals surface area contributed by atoms with Crippen LogP contribution in [0.1, 0.15) is 17.3 Å². The molecule has 1 amide bonds. The van der Waals surface area contributed by atoms with Crippen molar-refractivity contribution in [3.05, 3.63) is 29.8 Å². The molecule has 9 heteroatoms. The first-order valence-corrected chi connectivity index (χ1v) is 9.88. The lowest BCUT2D eigenvalue weighted by Gasteiger charge is -2.16. The van der Waals surface area contributed by atoms with Crippen LogP contribution >= 0.6 is 0 Å². The van der Waals surface area contributed by atoms with E-state index in [0.717, 1.165) is 4.31 Å². The minimum Gasteiger partial charge on any atom is -0.271 e. The molecule has 0 heterocycles. The van der Waals surface area contributed by atoms with Crippen molar-refractivity contribution in [3.63, 3.8) is 0 Å². The van der Waals surface area contributed by atoms with Crippen LogP contribution in [0.2, 0.25) is 0 Å². The third-order valence-electron chi connectivity index (χ3n) is 2.54. The molecule has 1 aromatic carbocycles. The lowest BCUT2D eigenvalue weighted by Crippen LogP contribution is -2.32. The molecule has 0 bridgehead atoms. The van der Waals surface area contributed by atoms with E-state index in [0.29, 0.717) is 12.2 Å². The predicted molar refractivity (Wildman–Crippen MR) is 84.0 cm³/mol. The Labute approximate surface area is 125 Å². The normalized spacial score (nSPS) is 12.2. The Bertz CT molecular complexity index is 724. The number of amides is 1. The van der Waals surface area contributed by atoms with Gasteiger partial charge in [-0.2, -0.15) is 17.1 Å². The number of carbonyl (C=O) groups is 1. The smallest absolute Gasteiger partial charge is 0.271 e. The second-order valence-corrected chi connectivity index (χ2v) is 9.00. The highest BCUT2D eigenvalue weighted by molar-refractivity contribution is 7.92. The van der Waals surface area contributed by atoms with Crippen molar-refractivity contribution in [1.29, 1.82) is 0 Å². The monoisotopic (exact) mass is 333 g/mol. The fraction of sp³-hybridized carbons (Fsp3) is 0.417. The van der Waals surface area contributed by atoms with E-state index in [1.807, 2.05) is 0 Å². The number of anilines is 1. The third-order valence-corrected chi connectivity index (χ3v) is 4.72. The van der Waals surface area contributed by atoms with Crippen molar-refractivity contribution in [2.24, 2.45) is 4.36 Å². The van der Waals surface area contributed by atoms with Crippen LogP contribution in [0.3, 0.4) is 0 Å². The number of hydrogen-bond acceptors (Lipinski definition) is 4. The number of nitrogens with zero attached hydrogens (tertiary/aromatic N) is 2. The Morgan fingerprint density at radius 1 is 1.19 bits per heavy atom. The topological polar surface area (TPSA) is 95.9 Å². The van der Waals surface area contributed by atoms with Crippen LogP contribution < -0.4 is 4.72 Å². The zero-order chi connectivity index (χ0) is 16.3. The third kappa shape index (κ3) is 5.44. The van der Waals surface area contributed by atoms with E-state index in [1.165, 1.54) is 43.8 Å². The molecule has 0 fully saturated rings. The lowest BCUT2D eigenvalue weighted by molar-refractivity contribution is 0.100. The molecule has 0 aliphatic rings. The first-order valence-electron chi connectivity index (χ1n) is 6.11. The standard InChI is InChI=1S/C12H19N3O4S2/c1-5-15(2)21(18,19)13-11-8-6-10(7-9-11)12(16)14-20(3,4)17/h6-9,13H,5H2,1-4H3. The fourth-order valence-corrected chi connectivity index (χ4v) is 2.76. The van der Waals surface area contributed by atoms with Crippen LogP contribution in [0.15, 0.2) is 28.6 Å². The molecule has 0 unspecified atom stereocenters. The summed E-state index contributed by atoms with van der Waals surface area (Å²) in [5, 5.41) is 0. The van der Waals surface area contributed by atoms with E-state index >= 15 is 0 Å². The number of rotatable bonds is 5. The zero-order valence-corrected chi connectivity index (χ0v) is 14.0. The van der Waals surface area contributed by atoms with Crippen LogP contribution in [-0.4, -0.2) is 48.9 Å². The van der Waals surface area contributed by atoms with Gasteiger partial charge < -0.3 is 0 Å². The van der Waals surface area contributed by atoms with Gasteiger partial charge in [0.15, 0.2) is 0 Å². The number of nitrogens with one attached hydrogen (secondary N) is 1. The highest BCUT2D eigenvalue weighted by Gasteiger charge is 2.15. The second kappa shape index (κ2) is 6.54. The first kappa shape index (κ1) is 17.6. The van der Waals surface area contributed by atoms with Crippen molar-refractivity contribution < 1.29 is 17.4 Å². The summed E-state index contributed by atoms with van der Waals surface area (Å²) >= 11 is 0. The van der Waals surface area contributed by atoms with Crippen LogP contribution in [0.4, 0.5) is 5.69 Å². The molecule has 0 saturated heterocycles. The molecule has 0 spiro atoms. The molecular formula is C12H19N3O4S2. The summed E-state index contributed by atoms with van der Waals surface area (Å²) in [5.41, 5.74) is 0.582. The zero-order valence-electron chi connectivity index (χ0n) is 12.4. The van der Waals surface area contributed by atoms with E-state index in [-0.39, 0.29) is 5.56 Å². The van der Waals surface area contributed by atoms with Crippen LogP contribution in [0, 0.1) is 0 Å². The van der Waals surface area contributed by atoms with Gasteiger partial charge in [-0.3, -0.25) is 9.52 Å². The fourth-order valence-electron chi connectivity index (χ4n) is 1.33. The summed E-state index contributed by atoms with van der Waals surface area (Å²) in [7, 11) is -4.66. The molecule has 0 aliphatic carbocycles. The summed E-state index contributed by atoms with van der Waals surface area (Å²) in [6.45, 7) is 2.06. The van der Waals surface area contributed by atoms with Gasteiger partial charge in [-0.05, 0) is 24.3 Å². The summed E-state index contributed by atoms with van der Waals surface area (Å²) in [6, 6.07) is 5.77. The minimum atomic E-state index is -3.60. The highest BCUT2D eigenvalue weighted by atomic mass is 32.2. The van der Waals surface area contributed by atoms with Gasteiger partial charge in [-0.1, -0.05) is 6.92 Å². The van der Waals surface area contributed by atoms with Gasteiger partial charge in [-0.15, -0.1) is 0 Å². The Hall–Kier alpha value is -1.45. The molecule has 1 N–H and O–H groups in total. The van der Waals surface area contributed by atoms with E-state index in [4.69, 9.17) is 0 Å². The molecule has 21 heavy (non-hydrogen) atoms. The van der Waals surface area contributed by atoms with Crippen LogP contribution in [0.5, 0.6) is 0 Å². The van der Waals surface area contributed by atoms with Crippen molar-refractivity contribution >= 4 is 31.5 Å². The Kier molecular flexibility index (Phi) is 5.48. The lowest BCUT2D eigenvalue weighted by atomic mass is 10.2. The molecular weight excluding hydrogens is 314 g/mol. The van der Waals surface area contributed by atoms with Gasteiger partial charge in [0.25, 0.3) is 5.91 Å². The Morgan fingerprint density at radius 3 is 2.14 bits per heavy atom. The van der Waals surface area contributed by atoms with Crippen molar-refractivity contribution in [2.75, 3.05) is 30.8 Å². The molecule has 7 nitrogen and oxygen atoms in total. The largest absolute Gasteiger partial charge is 0.301 e. The maximum absolute atomic E-state index is 11.8. The molecule has 1 rings (SSSR count). The minimum absolute atomic E-state index is 0.248. The SMILES string of the molecule is CCN(C)S(=O)(=O)Nc1ccc(C(=O)N=S(C)(C)=O)cc1. The number of hydrogen-bond donors (Lipinski definition) is 1. The Morgan fingerprint density at radius 2 is 1.71 bits per heavy atom. The molecule has 118 valence electrons. The summed E-state index contributed by atoms with van der Waals surface area (Å²) < 4.78 is 42.2. The van der Waals surface area contributed by atoms with Crippen molar-refractivity contribution in [2.45, 2.75) is 6.92 Å². The van der Waals surface area contributed by atoms with Crippen LogP contribution in [-0.2, 0) is 19.9 Å². The average molecular weight is 333 g/mol. The molecule has 0 atom stereocenters.